The smallest absolute Gasteiger partial charge is 0.204 e. The molecule has 34 heavy (non-hydrogen) atoms. The number of hydrogen-bond donors (Lipinski definition) is 1. The number of fused-ring (bicyclic) bond motifs is 2. The zero-order chi connectivity index (χ0) is 22.2. The van der Waals surface area contributed by atoms with Crippen LogP contribution in [0.15, 0.2) is 93.8 Å². The van der Waals surface area contributed by atoms with Crippen molar-refractivity contribution in [1.29, 1.82) is 0 Å². The second-order valence-corrected chi connectivity index (χ2v) is 8.94. The van der Waals surface area contributed by atoms with Gasteiger partial charge in [-0.1, -0.05) is 60.2 Å². The van der Waals surface area contributed by atoms with E-state index in [1.54, 1.807) is 0 Å². The number of aromatic nitrogens is 1. The average molecular weight is 532 g/mol. The first-order valence-corrected chi connectivity index (χ1v) is 11.7. The van der Waals surface area contributed by atoms with E-state index in [0.717, 1.165) is 50.1 Å². The van der Waals surface area contributed by atoms with Crippen molar-refractivity contribution < 1.29 is 9.15 Å². The molecule has 0 fully saturated rings. The minimum Gasteiger partial charge on any atom is -0.485 e. The molecule has 0 saturated carbocycles. The van der Waals surface area contributed by atoms with Gasteiger partial charge in [0.2, 0.25) is 5.13 Å². The summed E-state index contributed by atoms with van der Waals surface area (Å²) in [6.45, 7) is 2.08. The SMILES string of the molecule is Br.Cc1ccc2c(c1)/C(=N\Nc1nc(-c3cc4ccccc4o3)cs1)CC(c1ccccc1)O2. The standard InChI is InChI=1S/C27H21N3O2S.BrH/c1-17-11-12-24-20(13-17)21(15-25(32-24)18-7-3-2-4-8-18)29-30-27-28-22(16-33-27)26-14-19-9-5-6-10-23(19)31-26;/h2-14,16,25H,15H2,1H3,(H,28,30);1H/b29-21-;. The quantitative estimate of drug-likeness (QED) is 0.240. The number of hydrazone groups is 1. The fourth-order valence-corrected chi connectivity index (χ4v) is 4.72. The molecular formula is C27H22BrN3O2S. The fourth-order valence-electron chi connectivity index (χ4n) is 4.07. The number of thiazole rings is 1. The molecule has 6 rings (SSSR count). The minimum absolute atomic E-state index is 0. The summed E-state index contributed by atoms with van der Waals surface area (Å²) in [7, 11) is 0. The number of ether oxygens (including phenoxy) is 1. The van der Waals surface area contributed by atoms with Crippen LogP contribution in [0, 0.1) is 6.92 Å². The van der Waals surface area contributed by atoms with E-state index in [1.807, 2.05) is 60.0 Å². The first-order chi connectivity index (χ1) is 16.2. The minimum atomic E-state index is -0.0793. The van der Waals surface area contributed by atoms with Crippen molar-refractivity contribution in [3.63, 3.8) is 0 Å². The molecule has 1 aliphatic rings. The van der Waals surface area contributed by atoms with Gasteiger partial charge >= 0.3 is 0 Å². The molecule has 0 spiro atoms. The van der Waals surface area contributed by atoms with Crippen LogP contribution in [-0.2, 0) is 0 Å². The molecule has 0 aliphatic carbocycles. The third-order valence-corrected chi connectivity index (χ3v) is 6.48. The van der Waals surface area contributed by atoms with E-state index in [0.29, 0.717) is 6.42 Å². The first-order valence-electron chi connectivity index (χ1n) is 10.8. The topological polar surface area (TPSA) is 59.7 Å². The Bertz CT molecular complexity index is 1440. The summed E-state index contributed by atoms with van der Waals surface area (Å²) in [6.07, 6.45) is 0.597. The van der Waals surface area contributed by atoms with Crippen LogP contribution in [0.3, 0.4) is 0 Å². The molecule has 0 radical (unpaired) electrons. The number of anilines is 1. The molecular weight excluding hydrogens is 510 g/mol. The Morgan fingerprint density at radius 1 is 1.00 bits per heavy atom. The van der Waals surface area contributed by atoms with E-state index in [4.69, 9.17) is 14.3 Å². The molecule has 170 valence electrons. The van der Waals surface area contributed by atoms with Crippen LogP contribution >= 0.6 is 28.3 Å². The summed E-state index contributed by atoms with van der Waals surface area (Å²) in [5, 5.41) is 8.53. The Labute approximate surface area is 211 Å². The van der Waals surface area contributed by atoms with Crippen LogP contribution in [0.25, 0.3) is 22.4 Å². The van der Waals surface area contributed by atoms with E-state index >= 15 is 0 Å². The number of nitrogens with one attached hydrogen (secondary N) is 1. The summed E-state index contributed by atoms with van der Waals surface area (Å²) in [5.74, 6) is 1.60. The summed E-state index contributed by atoms with van der Waals surface area (Å²) in [4.78, 5) is 4.69. The number of furan rings is 1. The monoisotopic (exact) mass is 531 g/mol. The maximum absolute atomic E-state index is 6.31. The number of nitrogens with zero attached hydrogens (tertiary/aromatic N) is 2. The highest BCUT2D eigenvalue weighted by molar-refractivity contribution is 8.93. The lowest BCUT2D eigenvalue weighted by atomic mass is 9.94. The number of rotatable bonds is 4. The van der Waals surface area contributed by atoms with Crippen molar-refractivity contribution in [3.05, 3.63) is 101 Å². The highest BCUT2D eigenvalue weighted by Crippen LogP contribution is 2.36. The predicted molar refractivity (Wildman–Crippen MR) is 143 cm³/mol. The van der Waals surface area contributed by atoms with Crippen molar-refractivity contribution in [2.24, 2.45) is 5.10 Å². The highest BCUT2D eigenvalue weighted by atomic mass is 79.9. The number of aryl methyl sites for hydroxylation is 1. The lowest BCUT2D eigenvalue weighted by molar-refractivity contribution is 0.206. The van der Waals surface area contributed by atoms with Crippen molar-refractivity contribution >= 4 is 50.1 Å². The van der Waals surface area contributed by atoms with Gasteiger partial charge in [-0.05, 0) is 36.8 Å². The van der Waals surface area contributed by atoms with Gasteiger partial charge in [0, 0.05) is 22.8 Å². The first kappa shape index (κ1) is 22.4. The predicted octanol–water partition coefficient (Wildman–Crippen LogP) is 7.78. The second kappa shape index (κ2) is 9.44. The van der Waals surface area contributed by atoms with Crippen LogP contribution in [0.4, 0.5) is 5.13 Å². The number of para-hydroxylation sites is 1. The molecule has 1 unspecified atom stereocenters. The van der Waals surface area contributed by atoms with Crippen molar-refractivity contribution in [2.75, 3.05) is 5.43 Å². The number of benzene rings is 3. The zero-order valence-corrected chi connectivity index (χ0v) is 20.9. The van der Waals surface area contributed by atoms with Gasteiger partial charge in [0.05, 0.1) is 5.71 Å². The third-order valence-electron chi connectivity index (χ3n) is 5.73. The molecule has 1 N–H and O–H groups in total. The lowest BCUT2D eigenvalue weighted by Gasteiger charge is -2.27. The van der Waals surface area contributed by atoms with Crippen molar-refractivity contribution in [3.8, 4) is 17.2 Å². The van der Waals surface area contributed by atoms with Gasteiger partial charge in [-0.2, -0.15) is 5.10 Å². The van der Waals surface area contributed by atoms with Crippen LogP contribution in [0.2, 0.25) is 0 Å². The Balaban J connectivity index is 0.00000241. The number of halogens is 1. The Hall–Kier alpha value is -3.42. The Morgan fingerprint density at radius 3 is 2.68 bits per heavy atom. The molecule has 0 bridgehead atoms. The van der Waals surface area contributed by atoms with Gasteiger partial charge in [-0.25, -0.2) is 4.98 Å². The van der Waals surface area contributed by atoms with Crippen LogP contribution < -0.4 is 10.2 Å². The molecule has 1 aliphatic heterocycles. The van der Waals surface area contributed by atoms with Gasteiger partial charge < -0.3 is 9.15 Å². The summed E-state index contributed by atoms with van der Waals surface area (Å²) in [6, 6.07) is 26.5. The van der Waals surface area contributed by atoms with E-state index < -0.39 is 0 Å². The summed E-state index contributed by atoms with van der Waals surface area (Å²) < 4.78 is 12.3. The van der Waals surface area contributed by atoms with Crippen molar-refractivity contribution in [1.82, 2.24) is 4.98 Å². The molecule has 0 saturated heterocycles. The molecule has 2 aromatic heterocycles. The molecule has 5 nitrogen and oxygen atoms in total. The van der Waals surface area contributed by atoms with E-state index in [2.05, 4.69) is 41.6 Å². The third kappa shape index (κ3) is 4.36. The van der Waals surface area contributed by atoms with Gasteiger partial charge in [0.15, 0.2) is 5.76 Å². The molecule has 3 aromatic carbocycles. The van der Waals surface area contributed by atoms with E-state index in [9.17, 15) is 0 Å². The largest absolute Gasteiger partial charge is 0.485 e. The van der Waals surface area contributed by atoms with Gasteiger partial charge in [-0.3, -0.25) is 5.43 Å². The van der Waals surface area contributed by atoms with Crippen molar-refractivity contribution in [2.45, 2.75) is 19.4 Å². The average Bonchev–Trinajstić information content (AvgIpc) is 3.50. The van der Waals surface area contributed by atoms with Gasteiger partial charge in [0.25, 0.3) is 0 Å². The van der Waals surface area contributed by atoms with Gasteiger partial charge in [0.1, 0.15) is 23.1 Å². The van der Waals surface area contributed by atoms with Crippen LogP contribution in [0.5, 0.6) is 5.75 Å². The fraction of sp³-hybridized carbons (Fsp3) is 0.111. The Morgan fingerprint density at radius 2 is 1.82 bits per heavy atom. The van der Waals surface area contributed by atoms with E-state index in [1.165, 1.54) is 16.9 Å². The lowest BCUT2D eigenvalue weighted by Crippen LogP contribution is -2.22. The zero-order valence-electron chi connectivity index (χ0n) is 18.4. The molecule has 1 atom stereocenters. The molecule has 3 heterocycles. The number of hydrogen-bond acceptors (Lipinski definition) is 6. The second-order valence-electron chi connectivity index (χ2n) is 8.08. The maximum Gasteiger partial charge on any atom is 0.204 e. The summed E-state index contributed by atoms with van der Waals surface area (Å²) in [5.41, 5.74) is 9.10. The van der Waals surface area contributed by atoms with Gasteiger partial charge in [-0.15, -0.1) is 28.3 Å². The van der Waals surface area contributed by atoms with Crippen LogP contribution in [-0.4, -0.2) is 10.7 Å². The van der Waals surface area contributed by atoms with Crippen LogP contribution in [0.1, 0.15) is 29.2 Å². The van der Waals surface area contributed by atoms with E-state index in [-0.39, 0.29) is 23.1 Å². The molecule has 0 amide bonds. The highest BCUT2D eigenvalue weighted by Gasteiger charge is 2.26. The summed E-state index contributed by atoms with van der Waals surface area (Å²) >= 11 is 1.50. The Kier molecular flexibility index (Phi) is 6.22. The normalized spacial score (nSPS) is 16.0. The molecule has 5 aromatic rings. The molecule has 7 heteroatoms. The maximum atomic E-state index is 6.31.